The molecular formula is C13H16N2O4S. The van der Waals surface area contributed by atoms with Crippen molar-refractivity contribution in [3.63, 3.8) is 0 Å². The van der Waals surface area contributed by atoms with Crippen LogP contribution in [0.4, 0.5) is 0 Å². The van der Waals surface area contributed by atoms with Crippen molar-refractivity contribution in [2.45, 2.75) is 38.8 Å². The number of nitrogens with zero attached hydrogens (tertiary/aromatic N) is 1. The number of aryl methyl sites for hydroxylation is 1. The number of aromatic nitrogens is 1. The maximum atomic E-state index is 11.6. The van der Waals surface area contributed by atoms with E-state index in [4.69, 9.17) is 11.5 Å². The third-order valence-corrected chi connectivity index (χ3v) is 3.60. The first-order chi connectivity index (χ1) is 9.45. The highest BCUT2D eigenvalue weighted by atomic mass is 32.1. The Hall–Kier alpha value is -2.07. The quantitative estimate of drug-likeness (QED) is 0.721. The monoisotopic (exact) mass is 296 g/mol. The van der Waals surface area contributed by atoms with Gasteiger partial charge < -0.3 is 15.0 Å². The van der Waals surface area contributed by atoms with Crippen molar-refractivity contribution in [1.82, 2.24) is 9.88 Å². The molecule has 0 fully saturated rings. The molecule has 1 heterocycles. The summed E-state index contributed by atoms with van der Waals surface area (Å²) < 4.78 is 1.59. The average Bonchev–Trinajstić information content (AvgIpc) is 2.69. The number of nitrogens with one attached hydrogen (secondary N) is 1. The van der Waals surface area contributed by atoms with Crippen LogP contribution < -0.4 is 10.2 Å². The van der Waals surface area contributed by atoms with E-state index >= 15 is 0 Å². The minimum absolute atomic E-state index is 0.0514. The maximum absolute atomic E-state index is 11.6. The summed E-state index contributed by atoms with van der Waals surface area (Å²) in [6, 6.07) is -1.06. The van der Waals surface area contributed by atoms with Crippen LogP contribution >= 0.6 is 11.3 Å². The standard InChI is InChI=1S/C13H16N2O4S/c1-3-5-10(12(17)18)14-11(16)6-4-7-15-9(2)8-20-13(15)19/h1,8,10H,4-7H2,2H3,(H,14,16)(H,17,18). The number of terminal acetylenes is 1. The minimum Gasteiger partial charge on any atom is -0.480 e. The molecule has 0 saturated heterocycles. The Balaban J connectivity index is 2.42. The molecule has 7 heteroatoms. The summed E-state index contributed by atoms with van der Waals surface area (Å²) in [6.07, 6.45) is 5.60. The summed E-state index contributed by atoms with van der Waals surface area (Å²) >= 11 is 1.12. The number of hydrogen-bond donors (Lipinski definition) is 2. The molecule has 0 aliphatic carbocycles. The van der Waals surface area contributed by atoms with Gasteiger partial charge in [0.25, 0.3) is 0 Å². The SMILES string of the molecule is C#CCC(NC(=O)CCCn1c(C)csc1=O)C(=O)O. The molecular weight excluding hydrogens is 280 g/mol. The van der Waals surface area contributed by atoms with Gasteiger partial charge in [0.2, 0.25) is 5.91 Å². The molecule has 0 saturated carbocycles. The molecule has 0 spiro atoms. The number of rotatable bonds is 7. The number of carboxylic acids is 1. The highest BCUT2D eigenvalue weighted by Crippen LogP contribution is 2.02. The van der Waals surface area contributed by atoms with Gasteiger partial charge in [0.15, 0.2) is 0 Å². The fourth-order valence-electron chi connectivity index (χ4n) is 1.66. The molecule has 0 aromatic carbocycles. The van der Waals surface area contributed by atoms with Gasteiger partial charge in [0, 0.05) is 30.5 Å². The van der Waals surface area contributed by atoms with Crippen molar-refractivity contribution < 1.29 is 14.7 Å². The summed E-state index contributed by atoms with van der Waals surface area (Å²) in [4.78, 5) is 33.8. The van der Waals surface area contributed by atoms with Crippen LogP contribution in [0.1, 0.15) is 25.0 Å². The van der Waals surface area contributed by atoms with Crippen LogP contribution in [-0.2, 0) is 16.1 Å². The predicted octanol–water partition coefficient (Wildman–Crippen LogP) is 0.591. The Kier molecular flexibility index (Phi) is 6.00. The molecule has 1 aromatic heterocycles. The number of carbonyl (C=O) groups excluding carboxylic acids is 1. The van der Waals surface area contributed by atoms with E-state index in [1.54, 1.807) is 9.95 Å². The molecule has 1 aromatic rings. The Morgan fingerprint density at radius 2 is 2.30 bits per heavy atom. The van der Waals surface area contributed by atoms with E-state index < -0.39 is 12.0 Å². The first kappa shape index (κ1) is 16.0. The highest BCUT2D eigenvalue weighted by Gasteiger charge is 2.18. The minimum atomic E-state index is -1.15. The average molecular weight is 296 g/mol. The summed E-state index contributed by atoms with van der Waals surface area (Å²) in [5.74, 6) is 0.676. The number of carbonyl (C=O) groups is 2. The second kappa shape index (κ2) is 7.50. The lowest BCUT2D eigenvalue weighted by molar-refractivity contribution is -0.141. The van der Waals surface area contributed by atoms with Gasteiger partial charge in [-0.3, -0.25) is 9.59 Å². The molecule has 1 unspecified atom stereocenters. The molecule has 108 valence electrons. The Labute approximate surface area is 120 Å². The zero-order chi connectivity index (χ0) is 15.1. The fourth-order valence-corrected chi connectivity index (χ4v) is 2.42. The first-order valence-electron chi connectivity index (χ1n) is 6.06. The van der Waals surface area contributed by atoms with E-state index in [2.05, 4.69) is 11.2 Å². The number of amides is 1. The van der Waals surface area contributed by atoms with E-state index in [0.717, 1.165) is 17.0 Å². The van der Waals surface area contributed by atoms with Crippen LogP contribution in [0.15, 0.2) is 10.2 Å². The van der Waals surface area contributed by atoms with Gasteiger partial charge in [-0.25, -0.2) is 4.79 Å². The van der Waals surface area contributed by atoms with Gasteiger partial charge in [-0.05, 0) is 13.3 Å². The summed E-state index contributed by atoms with van der Waals surface area (Å²) in [5.41, 5.74) is 0.858. The Bertz CT molecular complexity index is 582. The highest BCUT2D eigenvalue weighted by molar-refractivity contribution is 7.07. The van der Waals surface area contributed by atoms with Crippen LogP contribution in [-0.4, -0.2) is 27.6 Å². The number of carboxylic acid groups (broad SMARTS) is 1. The molecule has 6 nitrogen and oxygen atoms in total. The van der Waals surface area contributed by atoms with Crippen LogP contribution in [0.25, 0.3) is 0 Å². The van der Waals surface area contributed by atoms with Crippen molar-refractivity contribution in [3.8, 4) is 12.3 Å². The lowest BCUT2D eigenvalue weighted by atomic mass is 10.2. The van der Waals surface area contributed by atoms with Crippen LogP contribution in [0.5, 0.6) is 0 Å². The number of thiazole rings is 1. The Morgan fingerprint density at radius 3 is 2.80 bits per heavy atom. The molecule has 0 bridgehead atoms. The third-order valence-electron chi connectivity index (χ3n) is 2.72. The van der Waals surface area contributed by atoms with Crippen LogP contribution in [0, 0.1) is 19.3 Å². The summed E-state index contributed by atoms with van der Waals surface area (Å²) in [6.45, 7) is 2.26. The topological polar surface area (TPSA) is 88.4 Å². The summed E-state index contributed by atoms with van der Waals surface area (Å²) in [7, 11) is 0. The Morgan fingerprint density at radius 1 is 1.60 bits per heavy atom. The van der Waals surface area contributed by atoms with E-state index in [-0.39, 0.29) is 23.6 Å². The second-order valence-electron chi connectivity index (χ2n) is 4.26. The second-order valence-corrected chi connectivity index (χ2v) is 5.09. The van der Waals surface area contributed by atoms with Crippen LogP contribution in [0.2, 0.25) is 0 Å². The maximum Gasteiger partial charge on any atom is 0.327 e. The predicted molar refractivity (Wildman–Crippen MR) is 75.6 cm³/mol. The van der Waals surface area contributed by atoms with Crippen molar-refractivity contribution in [2.24, 2.45) is 0 Å². The van der Waals surface area contributed by atoms with Gasteiger partial charge >= 0.3 is 10.8 Å². The molecule has 0 aliphatic rings. The molecule has 0 radical (unpaired) electrons. The van der Waals surface area contributed by atoms with Crippen molar-refractivity contribution in [2.75, 3.05) is 0 Å². The third kappa shape index (κ3) is 4.55. The summed E-state index contributed by atoms with van der Waals surface area (Å²) in [5, 5.41) is 13.0. The zero-order valence-electron chi connectivity index (χ0n) is 11.1. The van der Waals surface area contributed by atoms with E-state index in [1.807, 2.05) is 6.92 Å². The molecule has 0 aliphatic heterocycles. The van der Waals surface area contributed by atoms with Crippen molar-refractivity contribution >= 4 is 23.2 Å². The fraction of sp³-hybridized carbons (Fsp3) is 0.462. The van der Waals surface area contributed by atoms with E-state index in [9.17, 15) is 14.4 Å². The van der Waals surface area contributed by atoms with E-state index in [0.29, 0.717) is 13.0 Å². The van der Waals surface area contributed by atoms with Gasteiger partial charge in [-0.2, -0.15) is 0 Å². The van der Waals surface area contributed by atoms with E-state index in [1.165, 1.54) is 0 Å². The molecule has 1 amide bonds. The van der Waals surface area contributed by atoms with Gasteiger partial charge in [-0.1, -0.05) is 11.3 Å². The van der Waals surface area contributed by atoms with Crippen molar-refractivity contribution in [1.29, 1.82) is 0 Å². The lowest BCUT2D eigenvalue weighted by Gasteiger charge is -2.11. The van der Waals surface area contributed by atoms with Crippen LogP contribution in [0.3, 0.4) is 0 Å². The lowest BCUT2D eigenvalue weighted by Crippen LogP contribution is -2.40. The molecule has 1 atom stereocenters. The van der Waals surface area contributed by atoms with Gasteiger partial charge in [0.05, 0.1) is 0 Å². The first-order valence-corrected chi connectivity index (χ1v) is 6.94. The number of hydrogen-bond acceptors (Lipinski definition) is 4. The number of aliphatic carboxylic acids is 1. The molecule has 20 heavy (non-hydrogen) atoms. The molecule has 1 rings (SSSR count). The van der Waals surface area contributed by atoms with Gasteiger partial charge in [-0.15, -0.1) is 12.3 Å². The van der Waals surface area contributed by atoms with Gasteiger partial charge in [0.1, 0.15) is 6.04 Å². The normalized spacial score (nSPS) is 11.6. The largest absolute Gasteiger partial charge is 0.480 e. The smallest absolute Gasteiger partial charge is 0.327 e. The molecule has 2 N–H and O–H groups in total. The zero-order valence-corrected chi connectivity index (χ0v) is 11.9. The van der Waals surface area contributed by atoms with Crippen molar-refractivity contribution in [3.05, 3.63) is 20.7 Å².